The number of halogens is 1. The lowest BCUT2D eigenvalue weighted by molar-refractivity contribution is 0.628. The molecule has 0 aliphatic carbocycles. The molecule has 2 aromatic carbocycles. The number of azo groups is 1. The van der Waals surface area contributed by atoms with E-state index in [0.717, 1.165) is 17.5 Å². The Morgan fingerprint density at radius 2 is 1.48 bits per heavy atom. The predicted molar refractivity (Wildman–Crippen MR) is 91.1 cm³/mol. The highest BCUT2D eigenvalue weighted by Gasteiger charge is 2.25. The van der Waals surface area contributed by atoms with Gasteiger partial charge in [-0.25, -0.2) is 4.39 Å². The fourth-order valence-corrected chi connectivity index (χ4v) is 3.64. The zero-order valence-corrected chi connectivity index (χ0v) is 13.2. The van der Waals surface area contributed by atoms with E-state index in [1.807, 2.05) is 0 Å². The number of hydrogen-bond acceptors (Lipinski definition) is 3. The van der Waals surface area contributed by atoms with Crippen molar-refractivity contribution in [1.82, 2.24) is 0 Å². The van der Waals surface area contributed by atoms with Crippen LogP contribution in [-0.4, -0.2) is 0 Å². The summed E-state index contributed by atoms with van der Waals surface area (Å²) in [5.74, 6) is -0.212. The van der Waals surface area contributed by atoms with Crippen molar-refractivity contribution in [2.24, 2.45) is 10.2 Å². The zero-order valence-electron chi connectivity index (χ0n) is 12.4. The molecule has 0 radical (unpaired) electrons. The van der Waals surface area contributed by atoms with Crippen molar-refractivity contribution in [2.75, 3.05) is 0 Å². The smallest absolute Gasteiger partial charge is 0.123 e. The highest BCUT2D eigenvalue weighted by atomic mass is 32.1. The maximum absolute atomic E-state index is 13.0. The average Bonchev–Trinajstić information content (AvgIpc) is 3.27. The average molecular weight is 322 g/mol. The molecule has 4 heteroatoms. The van der Waals surface area contributed by atoms with Gasteiger partial charge in [0.15, 0.2) is 0 Å². The first-order valence-corrected chi connectivity index (χ1v) is 8.47. The molecule has 0 saturated heterocycles. The van der Waals surface area contributed by atoms with Crippen LogP contribution in [0.5, 0.6) is 0 Å². The number of benzene rings is 2. The second-order valence-corrected chi connectivity index (χ2v) is 6.62. The Balaban J connectivity index is 1.51. The highest BCUT2D eigenvalue weighted by molar-refractivity contribution is 7.10. The van der Waals surface area contributed by atoms with E-state index in [1.165, 1.54) is 22.6 Å². The fraction of sp³-hybridized carbons (Fsp3) is 0.158. The Morgan fingerprint density at radius 1 is 0.826 bits per heavy atom. The van der Waals surface area contributed by atoms with Gasteiger partial charge in [-0.15, -0.1) is 11.3 Å². The molecule has 3 aromatic rings. The fourth-order valence-electron chi connectivity index (χ4n) is 2.86. The number of rotatable bonds is 3. The Hall–Kier alpha value is -2.33. The van der Waals surface area contributed by atoms with E-state index in [1.54, 1.807) is 23.5 Å². The summed E-state index contributed by atoms with van der Waals surface area (Å²) in [7, 11) is 0. The Kier molecular flexibility index (Phi) is 3.75. The van der Waals surface area contributed by atoms with Gasteiger partial charge < -0.3 is 0 Å². The molecule has 0 amide bonds. The van der Waals surface area contributed by atoms with Crippen LogP contribution in [0.25, 0.3) is 11.1 Å². The number of thiophene rings is 1. The summed E-state index contributed by atoms with van der Waals surface area (Å²) < 4.78 is 13.0. The van der Waals surface area contributed by atoms with Gasteiger partial charge in [-0.3, -0.25) is 0 Å². The summed E-state index contributed by atoms with van der Waals surface area (Å²) in [5, 5.41) is 10.9. The van der Waals surface area contributed by atoms with Crippen molar-refractivity contribution in [3.8, 4) is 11.1 Å². The Labute approximate surface area is 138 Å². The van der Waals surface area contributed by atoms with Crippen LogP contribution in [0, 0.1) is 5.82 Å². The van der Waals surface area contributed by atoms with E-state index in [2.05, 4.69) is 52.0 Å². The molecular formula is C19H15FN2S. The van der Waals surface area contributed by atoms with Gasteiger partial charge in [0.25, 0.3) is 0 Å². The molecule has 2 nitrogen and oxygen atoms in total. The maximum atomic E-state index is 13.0. The zero-order chi connectivity index (χ0) is 15.6. The van der Waals surface area contributed by atoms with Crippen LogP contribution in [0.1, 0.15) is 28.9 Å². The van der Waals surface area contributed by atoms with E-state index in [4.69, 9.17) is 0 Å². The molecule has 0 fully saturated rings. The molecule has 114 valence electrons. The molecule has 0 spiro atoms. The first kappa shape index (κ1) is 14.3. The molecule has 2 unspecified atom stereocenters. The van der Waals surface area contributed by atoms with Crippen molar-refractivity contribution in [2.45, 2.75) is 18.5 Å². The molecule has 4 rings (SSSR count). The van der Waals surface area contributed by atoms with Crippen LogP contribution >= 0.6 is 11.3 Å². The summed E-state index contributed by atoms with van der Waals surface area (Å²) in [5.41, 5.74) is 3.28. The summed E-state index contributed by atoms with van der Waals surface area (Å²) in [6.07, 6.45) is 0.927. The third-order valence-corrected chi connectivity index (χ3v) is 5.11. The molecular weight excluding hydrogens is 307 g/mol. The van der Waals surface area contributed by atoms with Gasteiger partial charge in [0, 0.05) is 11.3 Å². The van der Waals surface area contributed by atoms with E-state index in [-0.39, 0.29) is 17.9 Å². The van der Waals surface area contributed by atoms with Gasteiger partial charge in [0.2, 0.25) is 0 Å². The molecule has 1 aliphatic heterocycles. The van der Waals surface area contributed by atoms with Crippen LogP contribution in [0.15, 0.2) is 76.3 Å². The van der Waals surface area contributed by atoms with Gasteiger partial charge in [-0.2, -0.15) is 10.2 Å². The van der Waals surface area contributed by atoms with E-state index in [9.17, 15) is 4.39 Å². The summed E-state index contributed by atoms with van der Waals surface area (Å²) >= 11 is 1.73. The van der Waals surface area contributed by atoms with Crippen LogP contribution in [-0.2, 0) is 0 Å². The predicted octanol–water partition coefficient (Wildman–Crippen LogP) is 6.19. The Bertz CT molecular complexity index is 808. The number of nitrogens with zero attached hydrogens (tertiary/aromatic N) is 2. The van der Waals surface area contributed by atoms with Gasteiger partial charge in [-0.05, 0) is 40.3 Å². The Morgan fingerprint density at radius 3 is 2.13 bits per heavy atom. The van der Waals surface area contributed by atoms with Crippen molar-refractivity contribution in [1.29, 1.82) is 0 Å². The largest absolute Gasteiger partial charge is 0.207 e. The topological polar surface area (TPSA) is 24.7 Å². The lowest BCUT2D eigenvalue weighted by Crippen LogP contribution is -1.95. The van der Waals surface area contributed by atoms with Crippen LogP contribution in [0.2, 0.25) is 0 Å². The highest BCUT2D eigenvalue weighted by Crippen LogP contribution is 2.40. The third-order valence-electron chi connectivity index (χ3n) is 4.14. The summed E-state index contributed by atoms with van der Waals surface area (Å²) in [6, 6.07) is 19.4. The summed E-state index contributed by atoms with van der Waals surface area (Å²) in [4.78, 5) is 1.28. The van der Waals surface area contributed by atoms with Crippen molar-refractivity contribution < 1.29 is 4.39 Å². The lowest BCUT2D eigenvalue weighted by atomic mass is 9.98. The standard InChI is InChI=1S/C19H15FN2S/c20-16-9-7-14(8-10-16)13-3-5-15(6-4-13)17-12-18(22-21-17)19-2-1-11-23-19/h1-11,17-18H,12H2. The molecule has 0 N–H and O–H groups in total. The monoisotopic (exact) mass is 322 g/mol. The summed E-state index contributed by atoms with van der Waals surface area (Å²) in [6.45, 7) is 0. The van der Waals surface area contributed by atoms with Crippen LogP contribution in [0.3, 0.4) is 0 Å². The first-order valence-electron chi connectivity index (χ1n) is 7.59. The molecule has 23 heavy (non-hydrogen) atoms. The molecule has 0 saturated carbocycles. The SMILES string of the molecule is Fc1ccc(-c2ccc(C3CC(c4cccs4)N=N3)cc2)cc1. The quantitative estimate of drug-likeness (QED) is 0.549. The van der Waals surface area contributed by atoms with E-state index in [0.29, 0.717) is 0 Å². The van der Waals surface area contributed by atoms with Crippen molar-refractivity contribution >= 4 is 11.3 Å². The van der Waals surface area contributed by atoms with Crippen LogP contribution in [0.4, 0.5) is 4.39 Å². The normalized spacial score (nSPS) is 20.0. The minimum atomic E-state index is -0.212. The van der Waals surface area contributed by atoms with Crippen molar-refractivity contribution in [3.63, 3.8) is 0 Å². The van der Waals surface area contributed by atoms with Gasteiger partial charge in [0.1, 0.15) is 11.9 Å². The van der Waals surface area contributed by atoms with Gasteiger partial charge in [0.05, 0.1) is 6.04 Å². The van der Waals surface area contributed by atoms with Crippen LogP contribution < -0.4 is 0 Å². The van der Waals surface area contributed by atoms with E-state index >= 15 is 0 Å². The van der Waals surface area contributed by atoms with E-state index < -0.39 is 0 Å². The molecule has 2 atom stereocenters. The minimum Gasteiger partial charge on any atom is -0.207 e. The first-order chi connectivity index (χ1) is 11.3. The van der Waals surface area contributed by atoms with Crippen molar-refractivity contribution in [3.05, 3.63) is 82.3 Å². The second-order valence-electron chi connectivity index (χ2n) is 5.64. The third kappa shape index (κ3) is 2.94. The van der Waals surface area contributed by atoms with Gasteiger partial charge >= 0.3 is 0 Å². The second kappa shape index (κ2) is 6.05. The molecule has 2 heterocycles. The number of hydrogen-bond donors (Lipinski definition) is 0. The lowest BCUT2D eigenvalue weighted by Gasteiger charge is -2.09. The molecule has 0 bridgehead atoms. The van der Waals surface area contributed by atoms with Gasteiger partial charge in [-0.1, -0.05) is 42.5 Å². The minimum absolute atomic E-state index is 0.129. The molecule has 1 aliphatic rings. The maximum Gasteiger partial charge on any atom is 0.123 e. The molecule has 1 aromatic heterocycles.